The van der Waals surface area contributed by atoms with Crippen LogP contribution in [0.4, 0.5) is 0 Å². The van der Waals surface area contributed by atoms with E-state index in [1.54, 1.807) is 0 Å². The summed E-state index contributed by atoms with van der Waals surface area (Å²) in [6.07, 6.45) is 3.94. The number of carbonyl (C=O) groups excluding carboxylic acids is 2. The highest BCUT2D eigenvalue weighted by Gasteiger charge is 2.29. The number of rotatable bonds is 10. The minimum atomic E-state index is -0.191. The van der Waals surface area contributed by atoms with E-state index in [0.717, 1.165) is 63.4 Å². The van der Waals surface area contributed by atoms with E-state index in [4.69, 9.17) is 5.73 Å². The molecule has 170 valence electrons. The Morgan fingerprint density at radius 2 is 1.87 bits per heavy atom. The van der Waals surface area contributed by atoms with Crippen molar-refractivity contribution in [1.82, 2.24) is 20.9 Å². The summed E-state index contributed by atoms with van der Waals surface area (Å²) in [5.74, 6) is 0.916. The predicted octanol–water partition coefficient (Wildman–Crippen LogP) is 0.965. The van der Waals surface area contributed by atoms with E-state index in [9.17, 15) is 9.59 Å². The topological polar surface area (TPSA) is 112 Å². The van der Waals surface area contributed by atoms with Gasteiger partial charge in [0.05, 0.1) is 12.5 Å². The van der Waals surface area contributed by atoms with Crippen molar-refractivity contribution < 1.29 is 9.59 Å². The molecule has 8 heteroatoms. The molecule has 2 amide bonds. The molecule has 0 radical (unpaired) electrons. The van der Waals surface area contributed by atoms with Crippen LogP contribution >= 0.6 is 0 Å². The maximum Gasteiger partial charge on any atom is 0.223 e. The zero-order valence-electron chi connectivity index (χ0n) is 18.5. The maximum atomic E-state index is 11.7. The molecule has 0 spiro atoms. The van der Waals surface area contributed by atoms with Gasteiger partial charge in [0, 0.05) is 38.6 Å². The van der Waals surface area contributed by atoms with E-state index in [1.165, 1.54) is 5.56 Å². The SMILES string of the molecule is CCNC(=NCc1cccc(CN2CCCC(C(N)=O)C2)c1)NCCNC(=O)C1CC1. The number of hydrogen-bond acceptors (Lipinski definition) is 4. The van der Waals surface area contributed by atoms with E-state index >= 15 is 0 Å². The summed E-state index contributed by atoms with van der Waals surface area (Å²) < 4.78 is 0. The molecule has 3 rings (SSSR count). The molecule has 8 nitrogen and oxygen atoms in total. The fraction of sp³-hybridized carbons (Fsp3) is 0.609. The van der Waals surface area contributed by atoms with Crippen LogP contribution in [0.1, 0.15) is 43.7 Å². The lowest BCUT2D eigenvalue weighted by Crippen LogP contribution is -2.41. The molecule has 1 aliphatic heterocycles. The highest BCUT2D eigenvalue weighted by Crippen LogP contribution is 2.28. The summed E-state index contributed by atoms with van der Waals surface area (Å²) in [5, 5.41) is 9.47. The number of aliphatic imine (C=N–C) groups is 1. The number of primary amides is 1. The van der Waals surface area contributed by atoms with Crippen molar-refractivity contribution in [1.29, 1.82) is 0 Å². The van der Waals surface area contributed by atoms with Crippen LogP contribution in [0.15, 0.2) is 29.3 Å². The third-order valence-electron chi connectivity index (χ3n) is 5.73. The molecule has 1 unspecified atom stereocenters. The molecule has 2 aliphatic rings. The van der Waals surface area contributed by atoms with E-state index < -0.39 is 0 Å². The van der Waals surface area contributed by atoms with Crippen LogP contribution in [0.5, 0.6) is 0 Å². The number of hydrogen-bond donors (Lipinski definition) is 4. The average Bonchev–Trinajstić information content (AvgIpc) is 3.61. The first-order valence-electron chi connectivity index (χ1n) is 11.4. The first-order valence-corrected chi connectivity index (χ1v) is 11.4. The molecule has 1 heterocycles. The largest absolute Gasteiger partial charge is 0.369 e. The smallest absolute Gasteiger partial charge is 0.223 e. The standard InChI is InChI=1S/C23H36N6O2/c1-2-25-23(27-11-10-26-22(31)19-8-9-19)28-14-17-5-3-6-18(13-17)15-29-12-4-7-20(16-29)21(24)30/h3,5-6,13,19-20H,2,4,7-12,14-16H2,1H3,(H2,24,30)(H,26,31)(H2,25,27,28). The lowest BCUT2D eigenvalue weighted by Gasteiger charge is -2.31. The Morgan fingerprint density at radius 1 is 1.10 bits per heavy atom. The minimum absolute atomic E-state index is 0.0376. The summed E-state index contributed by atoms with van der Waals surface area (Å²) in [5.41, 5.74) is 7.86. The molecule has 1 aromatic carbocycles. The third-order valence-corrected chi connectivity index (χ3v) is 5.73. The zero-order valence-corrected chi connectivity index (χ0v) is 18.5. The predicted molar refractivity (Wildman–Crippen MR) is 122 cm³/mol. The number of benzene rings is 1. The number of carbonyl (C=O) groups is 2. The van der Waals surface area contributed by atoms with Gasteiger partial charge in [0.25, 0.3) is 0 Å². The van der Waals surface area contributed by atoms with Gasteiger partial charge in [-0.05, 0) is 50.3 Å². The second kappa shape index (κ2) is 11.7. The summed E-state index contributed by atoms with van der Waals surface area (Å²) in [6, 6.07) is 8.43. The zero-order chi connectivity index (χ0) is 22.1. The Bertz CT molecular complexity index is 777. The normalized spacial score (nSPS) is 19.6. The summed E-state index contributed by atoms with van der Waals surface area (Å²) in [4.78, 5) is 30.2. The number of guanidine groups is 1. The average molecular weight is 429 g/mol. The van der Waals surface area contributed by atoms with Crippen LogP contribution in [-0.4, -0.2) is 55.4 Å². The van der Waals surface area contributed by atoms with Gasteiger partial charge in [-0.3, -0.25) is 14.5 Å². The number of amides is 2. The fourth-order valence-corrected chi connectivity index (χ4v) is 3.88. The van der Waals surface area contributed by atoms with Gasteiger partial charge in [-0.1, -0.05) is 24.3 Å². The van der Waals surface area contributed by atoms with Gasteiger partial charge >= 0.3 is 0 Å². The molecule has 0 aromatic heterocycles. The van der Waals surface area contributed by atoms with Gasteiger partial charge in [0.1, 0.15) is 0 Å². The lowest BCUT2D eigenvalue weighted by atomic mass is 9.97. The van der Waals surface area contributed by atoms with Crippen molar-refractivity contribution in [3.8, 4) is 0 Å². The van der Waals surface area contributed by atoms with Crippen LogP contribution in [0.3, 0.4) is 0 Å². The van der Waals surface area contributed by atoms with E-state index in [0.29, 0.717) is 19.6 Å². The first kappa shape index (κ1) is 23.1. The summed E-state index contributed by atoms with van der Waals surface area (Å²) in [6.45, 7) is 7.17. The minimum Gasteiger partial charge on any atom is -0.369 e. The third kappa shape index (κ3) is 7.86. The second-order valence-corrected chi connectivity index (χ2v) is 8.48. The number of nitrogens with two attached hydrogens (primary N) is 1. The number of nitrogens with one attached hydrogen (secondary N) is 3. The molecule has 1 aromatic rings. The quantitative estimate of drug-likeness (QED) is 0.252. The number of nitrogens with zero attached hydrogens (tertiary/aromatic N) is 2. The Labute approximate surface area is 185 Å². The Balaban J connectivity index is 1.48. The van der Waals surface area contributed by atoms with E-state index in [1.807, 2.05) is 6.92 Å². The van der Waals surface area contributed by atoms with Crippen molar-refractivity contribution >= 4 is 17.8 Å². The number of piperidine rings is 1. The van der Waals surface area contributed by atoms with Gasteiger partial charge in [-0.2, -0.15) is 0 Å². The Hall–Kier alpha value is -2.61. The van der Waals surface area contributed by atoms with Crippen LogP contribution in [0.25, 0.3) is 0 Å². The van der Waals surface area contributed by atoms with Crippen LogP contribution < -0.4 is 21.7 Å². The molecule has 5 N–H and O–H groups in total. The highest BCUT2D eigenvalue weighted by atomic mass is 16.2. The molecule has 2 fully saturated rings. The number of likely N-dealkylation sites (tertiary alicyclic amines) is 1. The van der Waals surface area contributed by atoms with Crippen LogP contribution in [0, 0.1) is 11.8 Å². The Morgan fingerprint density at radius 3 is 2.61 bits per heavy atom. The van der Waals surface area contributed by atoms with Crippen LogP contribution in [0.2, 0.25) is 0 Å². The first-order chi connectivity index (χ1) is 15.0. The van der Waals surface area contributed by atoms with Crippen molar-refractivity contribution in [2.45, 2.75) is 45.7 Å². The summed E-state index contributed by atoms with van der Waals surface area (Å²) in [7, 11) is 0. The highest BCUT2D eigenvalue weighted by molar-refractivity contribution is 5.81. The van der Waals surface area contributed by atoms with Crippen LogP contribution in [-0.2, 0) is 22.7 Å². The maximum absolute atomic E-state index is 11.7. The van der Waals surface area contributed by atoms with Gasteiger partial charge in [-0.25, -0.2) is 4.99 Å². The van der Waals surface area contributed by atoms with Gasteiger partial charge < -0.3 is 21.7 Å². The van der Waals surface area contributed by atoms with E-state index in [-0.39, 0.29) is 23.7 Å². The van der Waals surface area contributed by atoms with Crippen molar-refractivity contribution in [3.63, 3.8) is 0 Å². The molecular formula is C23H36N6O2. The molecule has 0 bridgehead atoms. The van der Waals surface area contributed by atoms with Crippen molar-refractivity contribution in [2.75, 3.05) is 32.7 Å². The molecule has 31 heavy (non-hydrogen) atoms. The lowest BCUT2D eigenvalue weighted by molar-refractivity contribution is -0.123. The second-order valence-electron chi connectivity index (χ2n) is 8.48. The summed E-state index contributed by atoms with van der Waals surface area (Å²) >= 11 is 0. The van der Waals surface area contributed by atoms with E-state index in [2.05, 4.69) is 50.1 Å². The fourth-order valence-electron chi connectivity index (χ4n) is 3.88. The van der Waals surface area contributed by atoms with Crippen molar-refractivity contribution in [2.24, 2.45) is 22.6 Å². The van der Waals surface area contributed by atoms with Gasteiger partial charge in [-0.15, -0.1) is 0 Å². The molecule has 1 saturated carbocycles. The molecular weight excluding hydrogens is 392 g/mol. The Kier molecular flexibility index (Phi) is 8.70. The van der Waals surface area contributed by atoms with Gasteiger partial charge in [0.2, 0.25) is 11.8 Å². The monoisotopic (exact) mass is 428 g/mol. The molecule has 1 aliphatic carbocycles. The van der Waals surface area contributed by atoms with Gasteiger partial charge in [0.15, 0.2) is 5.96 Å². The van der Waals surface area contributed by atoms with Crippen molar-refractivity contribution in [3.05, 3.63) is 35.4 Å². The molecule has 1 saturated heterocycles. The molecule has 1 atom stereocenters.